The smallest absolute Gasteiger partial charge is 0.312 e. The van der Waals surface area contributed by atoms with Crippen molar-refractivity contribution in [3.63, 3.8) is 0 Å². The molecular weight excluding hydrogens is 229 g/mol. The van der Waals surface area contributed by atoms with Gasteiger partial charge in [-0.15, -0.1) is 0 Å². The van der Waals surface area contributed by atoms with Gasteiger partial charge >= 0.3 is 6.18 Å². The van der Waals surface area contributed by atoms with Gasteiger partial charge in [0.05, 0.1) is 6.54 Å². The van der Waals surface area contributed by atoms with Crippen LogP contribution < -0.4 is 5.32 Å². The second-order valence-electron chi connectivity index (χ2n) is 5.66. The Labute approximate surface area is 102 Å². The Kier molecular flexibility index (Phi) is 4.47. The van der Waals surface area contributed by atoms with Gasteiger partial charge in [-0.05, 0) is 31.8 Å². The van der Waals surface area contributed by atoms with Crippen LogP contribution in [0.15, 0.2) is 0 Å². The standard InChI is InChI=1S/C12H23F3N2/c1-5-16-10-9(6-7-11(10,2)3)17(4)8-12(13,14)15/h9-10,16H,5-8H2,1-4H3. The van der Waals surface area contributed by atoms with Crippen molar-refractivity contribution in [1.29, 1.82) is 0 Å². The lowest BCUT2D eigenvalue weighted by molar-refractivity contribution is -0.148. The van der Waals surface area contributed by atoms with E-state index in [4.69, 9.17) is 0 Å². The van der Waals surface area contributed by atoms with Gasteiger partial charge in [-0.25, -0.2) is 0 Å². The van der Waals surface area contributed by atoms with Crippen molar-refractivity contribution in [2.45, 2.75) is 51.9 Å². The monoisotopic (exact) mass is 252 g/mol. The highest BCUT2D eigenvalue weighted by Crippen LogP contribution is 2.40. The molecule has 0 radical (unpaired) electrons. The minimum absolute atomic E-state index is 0.0217. The Morgan fingerprint density at radius 3 is 2.41 bits per heavy atom. The van der Waals surface area contributed by atoms with Crippen LogP contribution in [-0.4, -0.2) is 43.3 Å². The van der Waals surface area contributed by atoms with E-state index < -0.39 is 12.7 Å². The van der Waals surface area contributed by atoms with Crippen LogP contribution in [0.1, 0.15) is 33.6 Å². The van der Waals surface area contributed by atoms with Crippen molar-refractivity contribution in [2.75, 3.05) is 20.1 Å². The molecular formula is C12H23F3N2. The zero-order valence-corrected chi connectivity index (χ0v) is 11.1. The third kappa shape index (κ3) is 3.85. The summed E-state index contributed by atoms with van der Waals surface area (Å²) in [6.45, 7) is 6.22. The van der Waals surface area contributed by atoms with Gasteiger partial charge in [0.1, 0.15) is 0 Å². The first kappa shape index (κ1) is 14.8. The number of rotatable bonds is 4. The fraction of sp³-hybridized carbons (Fsp3) is 1.00. The minimum Gasteiger partial charge on any atom is -0.312 e. The van der Waals surface area contributed by atoms with Crippen molar-refractivity contribution < 1.29 is 13.2 Å². The molecule has 2 atom stereocenters. The number of hydrogen-bond acceptors (Lipinski definition) is 2. The van der Waals surface area contributed by atoms with E-state index in [1.54, 1.807) is 7.05 Å². The topological polar surface area (TPSA) is 15.3 Å². The molecule has 0 aliphatic heterocycles. The maximum Gasteiger partial charge on any atom is 0.401 e. The van der Waals surface area contributed by atoms with Gasteiger partial charge in [0.25, 0.3) is 0 Å². The molecule has 0 saturated heterocycles. The van der Waals surface area contributed by atoms with Crippen LogP contribution in [0.25, 0.3) is 0 Å². The maximum atomic E-state index is 12.4. The molecule has 1 aliphatic rings. The Bertz CT molecular complexity index is 251. The molecule has 102 valence electrons. The number of nitrogens with one attached hydrogen (secondary N) is 1. The molecule has 0 amide bonds. The molecule has 1 N–H and O–H groups in total. The molecule has 1 rings (SSSR count). The van der Waals surface area contributed by atoms with Gasteiger partial charge in [-0.2, -0.15) is 13.2 Å². The molecule has 2 unspecified atom stereocenters. The average Bonchev–Trinajstić information content (AvgIpc) is 2.40. The fourth-order valence-electron chi connectivity index (χ4n) is 2.87. The zero-order chi connectivity index (χ0) is 13.3. The largest absolute Gasteiger partial charge is 0.401 e. The molecule has 1 fully saturated rings. The number of likely N-dealkylation sites (N-methyl/N-ethyl adjacent to an activating group) is 2. The summed E-state index contributed by atoms with van der Waals surface area (Å²) in [5, 5.41) is 3.34. The van der Waals surface area contributed by atoms with E-state index in [1.807, 2.05) is 6.92 Å². The first-order valence-corrected chi connectivity index (χ1v) is 6.18. The van der Waals surface area contributed by atoms with Crippen LogP contribution in [0.2, 0.25) is 0 Å². The van der Waals surface area contributed by atoms with E-state index in [1.165, 1.54) is 4.90 Å². The molecule has 17 heavy (non-hydrogen) atoms. The summed E-state index contributed by atoms with van der Waals surface area (Å²) in [7, 11) is 1.57. The van der Waals surface area contributed by atoms with Gasteiger partial charge in [-0.3, -0.25) is 4.90 Å². The van der Waals surface area contributed by atoms with E-state index in [0.717, 1.165) is 19.4 Å². The summed E-state index contributed by atoms with van der Waals surface area (Å²) < 4.78 is 37.2. The Morgan fingerprint density at radius 2 is 1.94 bits per heavy atom. The number of nitrogens with zero attached hydrogens (tertiary/aromatic N) is 1. The van der Waals surface area contributed by atoms with Gasteiger partial charge in [-0.1, -0.05) is 20.8 Å². The van der Waals surface area contributed by atoms with E-state index in [2.05, 4.69) is 19.2 Å². The lowest BCUT2D eigenvalue weighted by Crippen LogP contribution is -2.52. The first-order valence-electron chi connectivity index (χ1n) is 6.18. The van der Waals surface area contributed by atoms with E-state index in [-0.39, 0.29) is 17.5 Å². The second-order valence-corrected chi connectivity index (χ2v) is 5.66. The molecule has 0 heterocycles. The molecule has 5 heteroatoms. The Balaban J connectivity index is 2.69. The van der Waals surface area contributed by atoms with E-state index >= 15 is 0 Å². The molecule has 0 aromatic carbocycles. The highest BCUT2D eigenvalue weighted by molar-refractivity contribution is 5.00. The Morgan fingerprint density at radius 1 is 1.35 bits per heavy atom. The summed E-state index contributed by atoms with van der Waals surface area (Å²) in [5.74, 6) is 0. The molecule has 0 aromatic rings. The molecule has 0 bridgehead atoms. The summed E-state index contributed by atoms with van der Waals surface area (Å²) in [4.78, 5) is 1.45. The van der Waals surface area contributed by atoms with E-state index in [9.17, 15) is 13.2 Å². The van der Waals surface area contributed by atoms with Crippen molar-refractivity contribution >= 4 is 0 Å². The van der Waals surface area contributed by atoms with E-state index in [0.29, 0.717) is 0 Å². The highest BCUT2D eigenvalue weighted by atomic mass is 19.4. The normalized spacial score (nSPS) is 28.9. The fourth-order valence-corrected chi connectivity index (χ4v) is 2.87. The molecule has 1 saturated carbocycles. The molecule has 0 aromatic heterocycles. The van der Waals surface area contributed by atoms with Crippen LogP contribution in [0, 0.1) is 5.41 Å². The lowest BCUT2D eigenvalue weighted by Gasteiger charge is -2.36. The van der Waals surface area contributed by atoms with Gasteiger partial charge in [0.2, 0.25) is 0 Å². The SMILES string of the molecule is CCNC1C(N(C)CC(F)(F)F)CCC1(C)C. The van der Waals surface area contributed by atoms with Crippen molar-refractivity contribution in [2.24, 2.45) is 5.41 Å². The van der Waals surface area contributed by atoms with Gasteiger partial charge in [0, 0.05) is 12.1 Å². The molecule has 1 aliphatic carbocycles. The number of halogens is 3. The number of alkyl halides is 3. The predicted molar refractivity (Wildman–Crippen MR) is 63.0 cm³/mol. The average molecular weight is 252 g/mol. The summed E-state index contributed by atoms with van der Waals surface area (Å²) in [6, 6.07) is 0.117. The summed E-state index contributed by atoms with van der Waals surface area (Å²) in [5.41, 5.74) is 0.0700. The van der Waals surface area contributed by atoms with Crippen LogP contribution in [-0.2, 0) is 0 Å². The summed E-state index contributed by atoms with van der Waals surface area (Å²) in [6.07, 6.45) is -2.31. The van der Waals surface area contributed by atoms with Crippen molar-refractivity contribution in [1.82, 2.24) is 10.2 Å². The third-order valence-electron chi connectivity index (χ3n) is 3.73. The minimum atomic E-state index is -4.11. The highest BCUT2D eigenvalue weighted by Gasteiger charge is 2.45. The zero-order valence-electron chi connectivity index (χ0n) is 11.1. The van der Waals surface area contributed by atoms with Gasteiger partial charge < -0.3 is 5.32 Å². The molecule has 2 nitrogen and oxygen atoms in total. The second kappa shape index (κ2) is 5.14. The van der Waals surface area contributed by atoms with Crippen molar-refractivity contribution in [3.8, 4) is 0 Å². The molecule has 0 spiro atoms. The predicted octanol–water partition coefficient (Wildman–Crippen LogP) is 2.65. The van der Waals surface area contributed by atoms with Crippen LogP contribution in [0.3, 0.4) is 0 Å². The van der Waals surface area contributed by atoms with Gasteiger partial charge in [0.15, 0.2) is 0 Å². The van der Waals surface area contributed by atoms with Crippen LogP contribution in [0.4, 0.5) is 13.2 Å². The summed E-state index contributed by atoms with van der Waals surface area (Å²) >= 11 is 0. The van der Waals surface area contributed by atoms with Crippen molar-refractivity contribution in [3.05, 3.63) is 0 Å². The maximum absolute atomic E-state index is 12.4. The third-order valence-corrected chi connectivity index (χ3v) is 3.73. The quantitative estimate of drug-likeness (QED) is 0.827. The van der Waals surface area contributed by atoms with Crippen LogP contribution in [0.5, 0.6) is 0 Å². The number of hydrogen-bond donors (Lipinski definition) is 1. The first-order chi connectivity index (χ1) is 7.67. The van der Waals surface area contributed by atoms with Crippen LogP contribution >= 0.6 is 0 Å². The lowest BCUT2D eigenvalue weighted by atomic mass is 9.86. The Hall–Kier alpha value is -0.290.